The number of rotatable bonds is 8. The van der Waals surface area contributed by atoms with Gasteiger partial charge in [0, 0.05) is 12.2 Å². The molecule has 5 heteroatoms. The van der Waals surface area contributed by atoms with Crippen LogP contribution in [-0.4, -0.2) is 30.4 Å². The molecule has 1 atom stereocenters. The van der Waals surface area contributed by atoms with Crippen LogP contribution in [0.4, 0.5) is 10.5 Å². The third-order valence-corrected chi connectivity index (χ3v) is 3.82. The van der Waals surface area contributed by atoms with E-state index < -0.39 is 6.10 Å². The maximum atomic E-state index is 11.9. The zero-order chi connectivity index (χ0) is 16.5. The molecule has 2 amide bonds. The molecule has 0 heterocycles. The Morgan fingerprint density at radius 1 is 1.27 bits per heavy atom. The smallest absolute Gasteiger partial charge is 0.319 e. The summed E-state index contributed by atoms with van der Waals surface area (Å²) in [5.74, 6) is 1.00. The molecule has 0 aliphatic heterocycles. The van der Waals surface area contributed by atoms with Crippen LogP contribution in [0, 0.1) is 12.8 Å². The van der Waals surface area contributed by atoms with E-state index in [0.717, 1.165) is 29.8 Å². The van der Waals surface area contributed by atoms with Crippen LogP contribution in [0.25, 0.3) is 0 Å². The molecule has 22 heavy (non-hydrogen) atoms. The van der Waals surface area contributed by atoms with Gasteiger partial charge in [0.1, 0.15) is 5.75 Å². The number of urea groups is 1. The molecule has 1 aromatic carbocycles. The Balaban J connectivity index is 2.51. The lowest BCUT2D eigenvalue weighted by atomic mass is 9.97. The van der Waals surface area contributed by atoms with E-state index in [0.29, 0.717) is 6.61 Å². The summed E-state index contributed by atoms with van der Waals surface area (Å²) in [6.45, 7) is 8.80. The van der Waals surface area contributed by atoms with Crippen LogP contribution in [0.15, 0.2) is 18.2 Å². The van der Waals surface area contributed by atoms with Crippen molar-refractivity contribution in [3.63, 3.8) is 0 Å². The monoisotopic (exact) mass is 308 g/mol. The Morgan fingerprint density at radius 3 is 2.50 bits per heavy atom. The second-order valence-electron chi connectivity index (χ2n) is 5.39. The normalized spacial score (nSPS) is 12.1. The highest BCUT2D eigenvalue weighted by Crippen LogP contribution is 2.21. The number of aryl methyl sites for hydroxylation is 1. The van der Waals surface area contributed by atoms with Crippen molar-refractivity contribution in [3.05, 3.63) is 23.8 Å². The minimum absolute atomic E-state index is 0.215. The Labute approximate surface area is 133 Å². The highest BCUT2D eigenvalue weighted by Gasteiger charge is 2.16. The van der Waals surface area contributed by atoms with Crippen molar-refractivity contribution in [1.29, 1.82) is 0 Å². The predicted octanol–water partition coefficient (Wildman–Crippen LogP) is 3.31. The number of hydrogen-bond donors (Lipinski definition) is 3. The molecule has 1 unspecified atom stereocenters. The van der Waals surface area contributed by atoms with Crippen LogP contribution >= 0.6 is 0 Å². The Bertz CT molecular complexity index is 473. The van der Waals surface area contributed by atoms with Gasteiger partial charge >= 0.3 is 6.03 Å². The Morgan fingerprint density at radius 2 is 1.95 bits per heavy atom. The summed E-state index contributed by atoms with van der Waals surface area (Å²) in [5.41, 5.74) is 1.67. The van der Waals surface area contributed by atoms with Crippen molar-refractivity contribution in [2.75, 3.05) is 18.5 Å². The summed E-state index contributed by atoms with van der Waals surface area (Å²) < 4.78 is 5.42. The summed E-state index contributed by atoms with van der Waals surface area (Å²) >= 11 is 0. The third kappa shape index (κ3) is 5.56. The molecule has 3 N–H and O–H groups in total. The minimum atomic E-state index is -0.512. The lowest BCUT2D eigenvalue weighted by Crippen LogP contribution is -2.38. The molecule has 1 aromatic rings. The van der Waals surface area contributed by atoms with E-state index in [1.807, 2.05) is 45.9 Å². The summed E-state index contributed by atoms with van der Waals surface area (Å²) in [7, 11) is 0. The molecular weight excluding hydrogens is 280 g/mol. The van der Waals surface area contributed by atoms with Gasteiger partial charge in [-0.3, -0.25) is 0 Å². The first-order valence-corrected chi connectivity index (χ1v) is 7.98. The number of hydrogen-bond acceptors (Lipinski definition) is 3. The summed E-state index contributed by atoms with van der Waals surface area (Å²) in [5, 5.41) is 15.5. The largest absolute Gasteiger partial charge is 0.494 e. The van der Waals surface area contributed by atoms with Gasteiger partial charge in [0.25, 0.3) is 0 Å². The fraction of sp³-hybridized carbons (Fsp3) is 0.588. The van der Waals surface area contributed by atoms with Gasteiger partial charge in [0.15, 0.2) is 0 Å². The van der Waals surface area contributed by atoms with Gasteiger partial charge in [-0.05, 0) is 43.5 Å². The van der Waals surface area contributed by atoms with Gasteiger partial charge in [-0.1, -0.05) is 26.7 Å². The van der Waals surface area contributed by atoms with Crippen molar-refractivity contribution in [3.8, 4) is 5.75 Å². The predicted molar refractivity (Wildman–Crippen MR) is 89.4 cm³/mol. The maximum Gasteiger partial charge on any atom is 0.319 e. The zero-order valence-electron chi connectivity index (χ0n) is 14.0. The molecule has 0 spiro atoms. The average Bonchev–Trinajstić information content (AvgIpc) is 2.49. The number of benzene rings is 1. The number of nitrogens with one attached hydrogen (secondary N) is 2. The van der Waals surface area contributed by atoms with E-state index in [-0.39, 0.29) is 18.5 Å². The van der Waals surface area contributed by atoms with Crippen molar-refractivity contribution in [2.24, 2.45) is 5.92 Å². The number of aliphatic hydroxyl groups excluding tert-OH is 1. The molecule has 0 aliphatic carbocycles. The Kier molecular flexibility index (Phi) is 7.74. The molecule has 0 saturated carbocycles. The molecule has 124 valence electrons. The molecule has 5 nitrogen and oxygen atoms in total. The van der Waals surface area contributed by atoms with Crippen LogP contribution in [0.1, 0.15) is 39.2 Å². The second-order valence-corrected chi connectivity index (χ2v) is 5.39. The van der Waals surface area contributed by atoms with Gasteiger partial charge in [-0.15, -0.1) is 0 Å². The molecular formula is C17H28N2O3. The van der Waals surface area contributed by atoms with Gasteiger partial charge in [0.05, 0.1) is 12.7 Å². The number of aliphatic hydroxyl groups is 1. The molecule has 0 aliphatic rings. The molecule has 0 saturated heterocycles. The van der Waals surface area contributed by atoms with Crippen LogP contribution in [0.3, 0.4) is 0 Å². The molecule has 0 aromatic heterocycles. The number of anilines is 1. The summed E-state index contributed by atoms with van der Waals surface area (Å²) in [6.07, 6.45) is 1.29. The first-order chi connectivity index (χ1) is 10.5. The fourth-order valence-electron chi connectivity index (χ4n) is 2.40. The minimum Gasteiger partial charge on any atom is -0.494 e. The van der Waals surface area contributed by atoms with Crippen molar-refractivity contribution < 1.29 is 14.6 Å². The third-order valence-electron chi connectivity index (χ3n) is 3.82. The van der Waals surface area contributed by atoms with Crippen molar-refractivity contribution >= 4 is 11.7 Å². The highest BCUT2D eigenvalue weighted by atomic mass is 16.5. The van der Waals surface area contributed by atoms with Gasteiger partial charge < -0.3 is 20.5 Å². The summed E-state index contributed by atoms with van der Waals surface area (Å²) in [6, 6.07) is 5.22. The summed E-state index contributed by atoms with van der Waals surface area (Å²) in [4.78, 5) is 11.9. The number of ether oxygens (including phenoxy) is 1. The second kappa shape index (κ2) is 9.30. The van der Waals surface area contributed by atoms with Crippen LogP contribution < -0.4 is 15.4 Å². The van der Waals surface area contributed by atoms with Crippen LogP contribution in [0.5, 0.6) is 5.75 Å². The Hall–Kier alpha value is -1.75. The SMILES string of the molecule is CCOc1ccc(NC(=O)NCC(O)C(CC)CC)c(C)c1. The number of amides is 2. The van der Waals surface area contributed by atoms with E-state index >= 15 is 0 Å². The number of carbonyl (C=O) groups is 1. The lowest BCUT2D eigenvalue weighted by molar-refractivity contribution is 0.104. The fourth-order valence-corrected chi connectivity index (χ4v) is 2.40. The standard InChI is InChI=1S/C17H28N2O3/c1-5-13(6-2)16(20)11-18-17(21)19-15-9-8-14(22-7-3)10-12(15)4/h8-10,13,16,20H,5-7,11H2,1-4H3,(H2,18,19,21). The number of carbonyl (C=O) groups excluding carboxylic acids is 1. The first kappa shape index (κ1) is 18.3. The van der Waals surface area contributed by atoms with E-state index in [2.05, 4.69) is 10.6 Å². The van der Waals surface area contributed by atoms with Crippen molar-refractivity contribution in [2.45, 2.75) is 46.6 Å². The molecule has 0 radical (unpaired) electrons. The topological polar surface area (TPSA) is 70.6 Å². The average molecular weight is 308 g/mol. The quantitative estimate of drug-likeness (QED) is 0.690. The molecule has 0 fully saturated rings. The van der Waals surface area contributed by atoms with E-state index in [9.17, 15) is 9.90 Å². The van der Waals surface area contributed by atoms with E-state index in [1.165, 1.54) is 0 Å². The lowest BCUT2D eigenvalue weighted by Gasteiger charge is -2.20. The van der Waals surface area contributed by atoms with Crippen LogP contribution in [0.2, 0.25) is 0 Å². The molecule has 0 bridgehead atoms. The van der Waals surface area contributed by atoms with Crippen molar-refractivity contribution in [1.82, 2.24) is 5.32 Å². The first-order valence-electron chi connectivity index (χ1n) is 7.98. The van der Waals surface area contributed by atoms with E-state index in [4.69, 9.17) is 4.74 Å². The van der Waals surface area contributed by atoms with Gasteiger partial charge in [0.2, 0.25) is 0 Å². The van der Waals surface area contributed by atoms with E-state index in [1.54, 1.807) is 0 Å². The highest BCUT2D eigenvalue weighted by molar-refractivity contribution is 5.90. The zero-order valence-corrected chi connectivity index (χ0v) is 14.0. The molecule has 1 rings (SSSR count). The maximum absolute atomic E-state index is 11.9. The van der Waals surface area contributed by atoms with Gasteiger partial charge in [-0.2, -0.15) is 0 Å². The van der Waals surface area contributed by atoms with Gasteiger partial charge in [-0.25, -0.2) is 4.79 Å². The van der Waals surface area contributed by atoms with Crippen LogP contribution in [-0.2, 0) is 0 Å².